The smallest absolute Gasteiger partial charge is 0.408 e. The van der Waals surface area contributed by atoms with Crippen molar-refractivity contribution < 1.29 is 33.4 Å². The van der Waals surface area contributed by atoms with Crippen molar-refractivity contribution in [3.63, 3.8) is 0 Å². The maximum absolute atomic E-state index is 12.9. The topological polar surface area (TPSA) is 134 Å². The maximum Gasteiger partial charge on any atom is 0.408 e. The normalized spacial score (nSPS) is 23.4. The molecule has 4 atom stereocenters. The number of carbonyl (C=O) groups is 4. The van der Waals surface area contributed by atoms with Gasteiger partial charge in [0.1, 0.15) is 11.7 Å². The van der Waals surface area contributed by atoms with Gasteiger partial charge in [-0.3, -0.25) is 14.9 Å². The van der Waals surface area contributed by atoms with Gasteiger partial charge in [-0.05, 0) is 58.3 Å². The molecule has 0 heterocycles. The molecule has 0 spiro atoms. The summed E-state index contributed by atoms with van der Waals surface area (Å²) >= 11 is 0. The number of nitrogens with one attached hydrogen (secondary N) is 1. The molecule has 1 aliphatic carbocycles. The second kappa shape index (κ2) is 10.8. The van der Waals surface area contributed by atoms with Crippen LogP contribution in [-0.2, 0) is 28.6 Å². The molecule has 0 aliphatic heterocycles. The van der Waals surface area contributed by atoms with Gasteiger partial charge in [-0.1, -0.05) is 27.2 Å². The molecule has 0 aromatic carbocycles. The Hall–Kier alpha value is -2.32. The molecule has 9 heteroatoms. The fourth-order valence-corrected chi connectivity index (χ4v) is 3.83. The Balaban J connectivity index is 3.12. The Bertz CT molecular complexity index is 671. The number of hydrogen-bond donors (Lipinski definition) is 2. The van der Waals surface area contributed by atoms with Gasteiger partial charge in [-0.2, -0.15) is 0 Å². The molecule has 1 aliphatic rings. The van der Waals surface area contributed by atoms with Gasteiger partial charge in [-0.25, -0.2) is 9.59 Å². The van der Waals surface area contributed by atoms with E-state index in [1.54, 1.807) is 20.8 Å². The van der Waals surface area contributed by atoms with Gasteiger partial charge >= 0.3 is 18.0 Å². The lowest BCUT2D eigenvalue weighted by atomic mass is 9.75. The number of carbonyl (C=O) groups excluding carboxylic acids is 4. The highest BCUT2D eigenvalue weighted by Gasteiger charge is 2.51. The monoisotopic (exact) mass is 442 g/mol. The van der Waals surface area contributed by atoms with Crippen molar-refractivity contribution in [2.45, 2.75) is 91.4 Å². The van der Waals surface area contributed by atoms with E-state index in [1.165, 1.54) is 6.92 Å². The number of esters is 2. The fraction of sp³-hybridized carbons (Fsp3) is 0.818. The molecular weight excluding hydrogens is 404 g/mol. The predicted octanol–water partition coefficient (Wildman–Crippen LogP) is 2.69. The summed E-state index contributed by atoms with van der Waals surface area (Å²) in [6, 6.07) is 0. The van der Waals surface area contributed by atoms with Gasteiger partial charge in [0.15, 0.2) is 0 Å². The van der Waals surface area contributed by atoms with Crippen LogP contribution in [0.3, 0.4) is 0 Å². The predicted molar refractivity (Wildman–Crippen MR) is 114 cm³/mol. The number of primary amides is 1. The third kappa shape index (κ3) is 7.70. The molecule has 0 bridgehead atoms. The number of nitrogens with two attached hydrogens (primary N) is 1. The highest BCUT2D eigenvalue weighted by molar-refractivity contribution is 6.11. The molecule has 3 unspecified atom stereocenters. The van der Waals surface area contributed by atoms with E-state index in [4.69, 9.17) is 19.9 Å². The standard InChI is InChI=1S/C22H38N2O7/c1-8-29-19(27)22(18(23)26,24-20(28)31-21(5,6)7)12-17(25)30-16-11-14(4)9-10-15(16)13(2)3/h13-16H,8-12H2,1-7H3,(H2,23,26)(H,24,28)/t14?,15?,16?,22-/m1/s1. The average molecular weight is 443 g/mol. The van der Waals surface area contributed by atoms with Crippen LogP contribution < -0.4 is 11.1 Å². The number of rotatable bonds is 8. The lowest BCUT2D eigenvalue weighted by Crippen LogP contribution is -2.65. The van der Waals surface area contributed by atoms with E-state index < -0.39 is 41.5 Å². The fourth-order valence-electron chi connectivity index (χ4n) is 3.83. The van der Waals surface area contributed by atoms with Crippen molar-refractivity contribution >= 4 is 23.9 Å². The molecule has 1 rings (SSSR count). The summed E-state index contributed by atoms with van der Waals surface area (Å²) in [7, 11) is 0. The summed E-state index contributed by atoms with van der Waals surface area (Å²) in [6.45, 7) is 12.5. The quantitative estimate of drug-likeness (QED) is 0.335. The van der Waals surface area contributed by atoms with E-state index in [0.717, 1.165) is 12.8 Å². The molecule has 31 heavy (non-hydrogen) atoms. The number of hydrogen-bond acceptors (Lipinski definition) is 7. The van der Waals surface area contributed by atoms with E-state index >= 15 is 0 Å². The number of amides is 2. The lowest BCUT2D eigenvalue weighted by Gasteiger charge is -2.37. The summed E-state index contributed by atoms with van der Waals surface area (Å²) in [5.41, 5.74) is 2.15. The first-order valence-electron chi connectivity index (χ1n) is 10.9. The maximum atomic E-state index is 12.9. The molecule has 178 valence electrons. The Labute approximate surface area is 184 Å². The van der Waals surface area contributed by atoms with Crippen molar-refractivity contribution in [1.29, 1.82) is 0 Å². The van der Waals surface area contributed by atoms with Gasteiger partial charge in [0.25, 0.3) is 5.91 Å². The largest absolute Gasteiger partial charge is 0.464 e. The van der Waals surface area contributed by atoms with Crippen LogP contribution in [0.2, 0.25) is 0 Å². The molecule has 0 aromatic rings. The van der Waals surface area contributed by atoms with E-state index in [9.17, 15) is 19.2 Å². The van der Waals surface area contributed by atoms with Gasteiger partial charge in [0.2, 0.25) is 5.54 Å². The van der Waals surface area contributed by atoms with Crippen LogP contribution in [0.1, 0.15) is 74.1 Å². The van der Waals surface area contributed by atoms with Gasteiger partial charge < -0.3 is 19.9 Å². The van der Waals surface area contributed by atoms with Crippen molar-refractivity contribution in [1.82, 2.24) is 5.32 Å². The van der Waals surface area contributed by atoms with E-state index in [-0.39, 0.29) is 18.6 Å². The zero-order chi connectivity index (χ0) is 24.0. The third-order valence-electron chi connectivity index (χ3n) is 5.41. The molecule has 0 aromatic heterocycles. The molecular formula is C22H38N2O7. The summed E-state index contributed by atoms with van der Waals surface area (Å²) in [5, 5.41) is 2.17. The van der Waals surface area contributed by atoms with Crippen molar-refractivity contribution in [3.8, 4) is 0 Å². The first-order valence-corrected chi connectivity index (χ1v) is 10.9. The number of alkyl carbamates (subject to hydrolysis) is 1. The van der Waals surface area contributed by atoms with E-state index in [1.807, 2.05) is 0 Å². The summed E-state index contributed by atoms with van der Waals surface area (Å²) in [6.07, 6.45) is 0.466. The third-order valence-corrected chi connectivity index (χ3v) is 5.41. The molecule has 9 nitrogen and oxygen atoms in total. The van der Waals surface area contributed by atoms with Crippen LogP contribution in [0.4, 0.5) is 4.79 Å². The highest BCUT2D eigenvalue weighted by Crippen LogP contribution is 2.35. The molecule has 1 saturated carbocycles. The van der Waals surface area contributed by atoms with Crippen LogP contribution in [0.15, 0.2) is 0 Å². The van der Waals surface area contributed by atoms with Gasteiger partial charge in [-0.15, -0.1) is 0 Å². The number of ether oxygens (including phenoxy) is 3. The highest BCUT2D eigenvalue weighted by atomic mass is 16.6. The molecule has 3 N–H and O–H groups in total. The summed E-state index contributed by atoms with van der Waals surface area (Å²) < 4.78 is 15.8. The minimum atomic E-state index is -2.43. The Morgan fingerprint density at radius 2 is 1.74 bits per heavy atom. The Morgan fingerprint density at radius 3 is 2.23 bits per heavy atom. The second-order valence-corrected chi connectivity index (χ2v) is 9.65. The summed E-state index contributed by atoms with van der Waals surface area (Å²) in [5.74, 6) is -2.32. The van der Waals surface area contributed by atoms with Crippen LogP contribution in [0.5, 0.6) is 0 Å². The van der Waals surface area contributed by atoms with E-state index in [0.29, 0.717) is 18.3 Å². The zero-order valence-corrected chi connectivity index (χ0v) is 19.8. The minimum Gasteiger partial charge on any atom is -0.464 e. The first kappa shape index (κ1) is 26.7. The Morgan fingerprint density at radius 1 is 1.13 bits per heavy atom. The van der Waals surface area contributed by atoms with Crippen LogP contribution in [0.25, 0.3) is 0 Å². The van der Waals surface area contributed by atoms with E-state index in [2.05, 4.69) is 26.1 Å². The SMILES string of the molecule is CCOC(=O)[C@](CC(=O)OC1CC(C)CCC1C(C)C)(NC(=O)OC(C)(C)C)C(N)=O. The Kier molecular flexibility index (Phi) is 9.32. The van der Waals surface area contributed by atoms with Crippen molar-refractivity contribution in [3.05, 3.63) is 0 Å². The van der Waals surface area contributed by atoms with Gasteiger partial charge in [0.05, 0.1) is 13.0 Å². The van der Waals surface area contributed by atoms with Gasteiger partial charge in [0, 0.05) is 0 Å². The molecule has 0 radical (unpaired) electrons. The lowest BCUT2D eigenvalue weighted by molar-refractivity contribution is -0.166. The first-order chi connectivity index (χ1) is 14.2. The van der Waals surface area contributed by atoms with Crippen molar-refractivity contribution in [2.24, 2.45) is 23.5 Å². The van der Waals surface area contributed by atoms with Crippen LogP contribution in [-0.4, -0.2) is 47.8 Å². The average Bonchev–Trinajstić information content (AvgIpc) is 2.59. The zero-order valence-electron chi connectivity index (χ0n) is 19.8. The second-order valence-electron chi connectivity index (χ2n) is 9.65. The minimum absolute atomic E-state index is 0.0749. The molecule has 2 amide bonds. The molecule has 1 fully saturated rings. The molecule has 0 saturated heterocycles. The van der Waals surface area contributed by atoms with Crippen molar-refractivity contribution in [2.75, 3.05) is 6.61 Å². The van der Waals surface area contributed by atoms with Crippen LogP contribution >= 0.6 is 0 Å². The van der Waals surface area contributed by atoms with Crippen LogP contribution in [0, 0.1) is 17.8 Å². The summed E-state index contributed by atoms with van der Waals surface area (Å²) in [4.78, 5) is 50.2.